The first-order valence-electron chi connectivity index (χ1n) is 7.98. The number of hydrogen-bond acceptors (Lipinski definition) is 3. The summed E-state index contributed by atoms with van der Waals surface area (Å²) in [6.07, 6.45) is 2.08. The molecule has 5 nitrogen and oxygen atoms in total. The molecule has 0 fully saturated rings. The van der Waals surface area contributed by atoms with Crippen molar-refractivity contribution in [3.05, 3.63) is 30.5 Å². The van der Waals surface area contributed by atoms with Gasteiger partial charge in [0.1, 0.15) is 0 Å². The number of aromatic nitrogens is 1. The van der Waals surface area contributed by atoms with Gasteiger partial charge in [-0.1, -0.05) is 26.8 Å². The number of carbonyl (C=O) groups excluding carboxylic acids is 1. The largest absolute Gasteiger partial charge is 0.346 e. The van der Waals surface area contributed by atoms with Crippen LogP contribution >= 0.6 is 0 Å². The Morgan fingerprint density at radius 2 is 2.00 bits per heavy atom. The molecule has 5 heteroatoms. The summed E-state index contributed by atoms with van der Waals surface area (Å²) in [7, 11) is 4.12. The average molecular weight is 316 g/mol. The molecule has 0 spiro atoms. The first-order valence-corrected chi connectivity index (χ1v) is 7.98. The second-order valence-electron chi connectivity index (χ2n) is 7.42. The van der Waals surface area contributed by atoms with Gasteiger partial charge in [0.05, 0.1) is 11.6 Å². The number of fused-ring (bicyclic) bond motifs is 1. The zero-order chi connectivity index (χ0) is 17.2. The summed E-state index contributed by atoms with van der Waals surface area (Å²) in [4.78, 5) is 14.4. The SMILES string of the molecule is CN(C)CCn1ccc2ccc(NC(=O)[C@@H](N)C(C)(C)C)cc21. The number of nitrogens with zero attached hydrogens (tertiary/aromatic N) is 2. The summed E-state index contributed by atoms with van der Waals surface area (Å²) in [6.45, 7) is 7.78. The molecule has 0 saturated carbocycles. The molecule has 1 atom stereocenters. The monoisotopic (exact) mass is 316 g/mol. The summed E-state index contributed by atoms with van der Waals surface area (Å²) < 4.78 is 2.20. The molecule has 0 aliphatic carbocycles. The van der Waals surface area contributed by atoms with Crippen LogP contribution in [0.5, 0.6) is 0 Å². The standard InChI is InChI=1S/C18H28N4O/c1-18(2,3)16(19)17(23)20-14-7-6-13-8-9-22(15(13)12-14)11-10-21(4)5/h6-9,12,16H,10-11,19H2,1-5H3,(H,20,23)/t16-/m1/s1. The van der Waals surface area contributed by atoms with Crippen LogP contribution in [0.4, 0.5) is 5.69 Å². The number of rotatable bonds is 5. The van der Waals surface area contributed by atoms with Gasteiger partial charge >= 0.3 is 0 Å². The van der Waals surface area contributed by atoms with Crippen LogP contribution in [0.25, 0.3) is 10.9 Å². The van der Waals surface area contributed by atoms with E-state index in [2.05, 4.69) is 41.1 Å². The van der Waals surface area contributed by atoms with Crippen molar-refractivity contribution in [2.75, 3.05) is 26.0 Å². The molecule has 0 bridgehead atoms. The van der Waals surface area contributed by atoms with Gasteiger partial charge in [0, 0.05) is 25.0 Å². The van der Waals surface area contributed by atoms with Crippen molar-refractivity contribution in [1.29, 1.82) is 0 Å². The number of benzene rings is 1. The third-order valence-corrected chi connectivity index (χ3v) is 4.05. The van der Waals surface area contributed by atoms with Crippen LogP contribution in [0.1, 0.15) is 20.8 Å². The zero-order valence-corrected chi connectivity index (χ0v) is 14.8. The van der Waals surface area contributed by atoms with E-state index in [1.807, 2.05) is 39.0 Å². The predicted octanol–water partition coefficient (Wildman–Crippen LogP) is 2.51. The molecule has 2 rings (SSSR count). The Labute approximate surface area is 138 Å². The van der Waals surface area contributed by atoms with E-state index in [1.54, 1.807) is 0 Å². The highest BCUT2D eigenvalue weighted by Gasteiger charge is 2.27. The Hall–Kier alpha value is -1.85. The normalized spacial score (nSPS) is 13.5. The van der Waals surface area contributed by atoms with Crippen LogP contribution < -0.4 is 11.1 Å². The van der Waals surface area contributed by atoms with Crippen LogP contribution in [0.3, 0.4) is 0 Å². The molecule has 0 radical (unpaired) electrons. The van der Waals surface area contributed by atoms with Crippen LogP contribution in [-0.4, -0.2) is 42.1 Å². The number of nitrogens with one attached hydrogen (secondary N) is 1. The quantitative estimate of drug-likeness (QED) is 0.891. The summed E-state index contributed by atoms with van der Waals surface area (Å²) >= 11 is 0. The second kappa shape index (κ2) is 6.72. The van der Waals surface area contributed by atoms with Gasteiger partial charge < -0.3 is 20.5 Å². The maximum absolute atomic E-state index is 12.3. The zero-order valence-electron chi connectivity index (χ0n) is 14.8. The number of anilines is 1. The molecular formula is C18H28N4O. The van der Waals surface area contributed by atoms with Gasteiger partial charge in [-0.25, -0.2) is 0 Å². The summed E-state index contributed by atoms with van der Waals surface area (Å²) in [5.74, 6) is -0.150. The van der Waals surface area contributed by atoms with E-state index in [1.165, 1.54) is 5.39 Å². The van der Waals surface area contributed by atoms with Gasteiger partial charge in [-0.3, -0.25) is 4.79 Å². The van der Waals surface area contributed by atoms with Crippen molar-refractivity contribution in [1.82, 2.24) is 9.47 Å². The van der Waals surface area contributed by atoms with Crippen molar-refractivity contribution in [2.24, 2.45) is 11.1 Å². The van der Waals surface area contributed by atoms with Gasteiger partial charge in [0.15, 0.2) is 0 Å². The molecule has 3 N–H and O–H groups in total. The first-order chi connectivity index (χ1) is 10.7. The molecule has 2 aromatic rings. The Morgan fingerprint density at radius 1 is 1.30 bits per heavy atom. The lowest BCUT2D eigenvalue weighted by Gasteiger charge is -2.25. The van der Waals surface area contributed by atoms with E-state index in [9.17, 15) is 4.79 Å². The average Bonchev–Trinajstić information content (AvgIpc) is 2.85. The fourth-order valence-electron chi connectivity index (χ4n) is 2.38. The highest BCUT2D eigenvalue weighted by Crippen LogP contribution is 2.22. The van der Waals surface area contributed by atoms with Crippen LogP contribution in [-0.2, 0) is 11.3 Å². The predicted molar refractivity (Wildman–Crippen MR) is 96.6 cm³/mol. The van der Waals surface area contributed by atoms with E-state index in [-0.39, 0.29) is 11.3 Å². The Bertz CT molecular complexity index is 682. The van der Waals surface area contributed by atoms with Crippen LogP contribution in [0.15, 0.2) is 30.5 Å². The lowest BCUT2D eigenvalue weighted by molar-refractivity contribution is -0.119. The number of nitrogens with two attached hydrogens (primary N) is 1. The van der Waals surface area contributed by atoms with E-state index in [0.29, 0.717) is 0 Å². The van der Waals surface area contributed by atoms with E-state index < -0.39 is 6.04 Å². The third kappa shape index (κ3) is 4.33. The maximum atomic E-state index is 12.3. The minimum absolute atomic E-state index is 0.150. The Morgan fingerprint density at radius 3 is 2.61 bits per heavy atom. The van der Waals surface area contributed by atoms with Crippen molar-refractivity contribution in [3.63, 3.8) is 0 Å². The summed E-state index contributed by atoms with van der Waals surface area (Å²) in [5.41, 5.74) is 7.66. The summed E-state index contributed by atoms with van der Waals surface area (Å²) in [6, 6.07) is 7.51. The number of amides is 1. The number of hydrogen-bond donors (Lipinski definition) is 2. The van der Waals surface area contributed by atoms with E-state index in [4.69, 9.17) is 5.73 Å². The van der Waals surface area contributed by atoms with Crippen molar-refractivity contribution in [2.45, 2.75) is 33.4 Å². The molecular weight excluding hydrogens is 288 g/mol. The van der Waals surface area contributed by atoms with Gasteiger partial charge in [0.25, 0.3) is 0 Å². The minimum atomic E-state index is -0.543. The van der Waals surface area contributed by atoms with E-state index >= 15 is 0 Å². The van der Waals surface area contributed by atoms with Crippen molar-refractivity contribution < 1.29 is 4.79 Å². The topological polar surface area (TPSA) is 63.3 Å². The lowest BCUT2D eigenvalue weighted by atomic mass is 9.87. The van der Waals surface area contributed by atoms with Gasteiger partial charge in [-0.2, -0.15) is 0 Å². The van der Waals surface area contributed by atoms with Crippen molar-refractivity contribution >= 4 is 22.5 Å². The Balaban J connectivity index is 2.19. The van der Waals surface area contributed by atoms with E-state index in [0.717, 1.165) is 24.3 Å². The van der Waals surface area contributed by atoms with Gasteiger partial charge in [0.2, 0.25) is 5.91 Å². The fraction of sp³-hybridized carbons (Fsp3) is 0.500. The molecule has 0 aliphatic heterocycles. The molecule has 1 aromatic heterocycles. The fourth-order valence-corrected chi connectivity index (χ4v) is 2.38. The molecule has 1 aromatic carbocycles. The maximum Gasteiger partial charge on any atom is 0.241 e. The molecule has 126 valence electrons. The highest BCUT2D eigenvalue weighted by atomic mass is 16.2. The molecule has 0 unspecified atom stereocenters. The highest BCUT2D eigenvalue weighted by molar-refractivity contribution is 5.97. The smallest absolute Gasteiger partial charge is 0.241 e. The third-order valence-electron chi connectivity index (χ3n) is 4.05. The second-order valence-corrected chi connectivity index (χ2v) is 7.42. The van der Waals surface area contributed by atoms with Crippen LogP contribution in [0.2, 0.25) is 0 Å². The molecule has 1 amide bonds. The van der Waals surface area contributed by atoms with Gasteiger partial charge in [-0.05, 0) is 43.1 Å². The van der Waals surface area contributed by atoms with Gasteiger partial charge in [-0.15, -0.1) is 0 Å². The summed E-state index contributed by atoms with van der Waals surface area (Å²) in [5, 5.41) is 4.10. The number of likely N-dealkylation sites (N-methyl/N-ethyl adjacent to an activating group) is 1. The Kier molecular flexibility index (Phi) is 5.12. The lowest BCUT2D eigenvalue weighted by Crippen LogP contribution is -2.45. The van der Waals surface area contributed by atoms with Crippen molar-refractivity contribution in [3.8, 4) is 0 Å². The number of carbonyl (C=O) groups is 1. The van der Waals surface area contributed by atoms with Crippen LogP contribution in [0, 0.1) is 5.41 Å². The minimum Gasteiger partial charge on any atom is -0.346 e. The first kappa shape index (κ1) is 17.5. The molecule has 23 heavy (non-hydrogen) atoms. The molecule has 0 aliphatic rings. The molecule has 0 saturated heterocycles. The molecule has 1 heterocycles.